The number of nitro groups is 1. The Morgan fingerprint density at radius 1 is 1.24 bits per heavy atom. The number of aryl methyl sites for hydroxylation is 1. The molecule has 29 heavy (non-hydrogen) atoms. The molecule has 2 aromatic carbocycles. The number of carbonyl (C=O) groups is 1. The molecule has 0 aliphatic rings. The van der Waals surface area contributed by atoms with Gasteiger partial charge >= 0.3 is 5.97 Å². The lowest BCUT2D eigenvalue weighted by atomic mass is 10.2. The molecule has 0 saturated heterocycles. The predicted octanol–water partition coefficient (Wildman–Crippen LogP) is 2.44. The maximum absolute atomic E-state index is 12.6. The number of ether oxygens (including phenoxy) is 1. The first-order valence-electron chi connectivity index (χ1n) is 8.09. The van der Waals surface area contributed by atoms with Gasteiger partial charge in [0.15, 0.2) is 12.4 Å². The molecule has 0 saturated carbocycles. The summed E-state index contributed by atoms with van der Waals surface area (Å²) in [5.41, 5.74) is -0.487. The first-order valence-corrected chi connectivity index (χ1v) is 9.57. The van der Waals surface area contributed by atoms with Crippen LogP contribution in [0, 0.1) is 17.0 Å². The van der Waals surface area contributed by atoms with Crippen molar-refractivity contribution < 1.29 is 27.4 Å². The standard InChI is InChI=1S/C17H14N4O7S/c1-11-18-16(28-19-11)10-27-17(22)14-7-2-3-8-15(14)20-29(25,26)13-6-4-5-12(9-13)21(23)24/h2-9,20H,10H2,1H3. The van der Waals surface area contributed by atoms with Crippen LogP contribution in [0.3, 0.4) is 0 Å². The maximum Gasteiger partial charge on any atom is 0.340 e. The quantitative estimate of drug-likeness (QED) is 0.346. The number of para-hydroxylation sites is 1. The number of benzene rings is 2. The lowest BCUT2D eigenvalue weighted by Crippen LogP contribution is -2.16. The number of rotatable bonds is 7. The zero-order valence-electron chi connectivity index (χ0n) is 14.9. The number of hydrogen-bond donors (Lipinski definition) is 1. The summed E-state index contributed by atoms with van der Waals surface area (Å²) >= 11 is 0. The highest BCUT2D eigenvalue weighted by atomic mass is 32.2. The van der Waals surface area contributed by atoms with Gasteiger partial charge in [-0.1, -0.05) is 23.4 Å². The molecule has 1 aromatic heterocycles. The first kappa shape index (κ1) is 19.9. The number of nitro benzene ring substituents is 1. The van der Waals surface area contributed by atoms with E-state index >= 15 is 0 Å². The third-order valence-corrected chi connectivity index (χ3v) is 4.99. The zero-order chi connectivity index (χ0) is 21.0. The number of nitrogens with zero attached hydrogens (tertiary/aromatic N) is 3. The largest absolute Gasteiger partial charge is 0.452 e. The summed E-state index contributed by atoms with van der Waals surface area (Å²) in [6.07, 6.45) is 0. The van der Waals surface area contributed by atoms with Gasteiger partial charge < -0.3 is 9.26 Å². The average molecular weight is 418 g/mol. The number of hydrogen-bond acceptors (Lipinski definition) is 9. The minimum Gasteiger partial charge on any atom is -0.452 e. The number of aromatic nitrogens is 2. The summed E-state index contributed by atoms with van der Waals surface area (Å²) in [5.74, 6) is -0.357. The van der Waals surface area contributed by atoms with Gasteiger partial charge in [0, 0.05) is 12.1 Å². The van der Waals surface area contributed by atoms with Crippen molar-refractivity contribution in [3.8, 4) is 0 Å². The molecule has 11 nitrogen and oxygen atoms in total. The predicted molar refractivity (Wildman–Crippen MR) is 98.5 cm³/mol. The van der Waals surface area contributed by atoms with E-state index in [1.807, 2.05) is 0 Å². The number of non-ortho nitro benzene ring substituents is 1. The minimum absolute atomic E-state index is 0.0503. The van der Waals surface area contributed by atoms with Crippen LogP contribution in [0.4, 0.5) is 11.4 Å². The Balaban J connectivity index is 1.82. The van der Waals surface area contributed by atoms with Crippen molar-refractivity contribution in [1.29, 1.82) is 0 Å². The monoisotopic (exact) mass is 418 g/mol. The van der Waals surface area contributed by atoms with E-state index in [9.17, 15) is 23.3 Å². The third kappa shape index (κ3) is 4.73. The smallest absolute Gasteiger partial charge is 0.340 e. The summed E-state index contributed by atoms with van der Waals surface area (Å²) in [6, 6.07) is 10.3. The van der Waals surface area contributed by atoms with Gasteiger partial charge in [-0.3, -0.25) is 14.8 Å². The summed E-state index contributed by atoms with van der Waals surface area (Å²) in [6.45, 7) is 1.32. The van der Waals surface area contributed by atoms with Gasteiger partial charge in [-0.2, -0.15) is 4.98 Å². The fourth-order valence-electron chi connectivity index (χ4n) is 2.32. The molecule has 3 rings (SSSR count). The van der Waals surface area contributed by atoms with E-state index in [0.29, 0.717) is 5.82 Å². The van der Waals surface area contributed by atoms with Gasteiger partial charge in [0.1, 0.15) is 0 Å². The van der Waals surface area contributed by atoms with Crippen LogP contribution in [-0.4, -0.2) is 29.5 Å². The van der Waals surface area contributed by atoms with Crippen molar-refractivity contribution in [2.24, 2.45) is 0 Å². The van der Waals surface area contributed by atoms with Gasteiger partial charge in [-0.15, -0.1) is 0 Å². The molecule has 0 atom stereocenters. The SMILES string of the molecule is Cc1noc(COC(=O)c2ccccc2NS(=O)(=O)c2cccc([N+](=O)[O-])c2)n1. The Morgan fingerprint density at radius 3 is 2.69 bits per heavy atom. The van der Waals surface area contributed by atoms with Crippen molar-refractivity contribution in [2.45, 2.75) is 18.4 Å². The normalized spacial score (nSPS) is 11.1. The Hall–Kier alpha value is -3.80. The van der Waals surface area contributed by atoms with Crippen LogP contribution in [0.5, 0.6) is 0 Å². The Kier molecular flexibility index (Phi) is 5.54. The molecule has 0 radical (unpaired) electrons. The number of carbonyl (C=O) groups excluding carboxylic acids is 1. The zero-order valence-corrected chi connectivity index (χ0v) is 15.8. The molecule has 3 aromatic rings. The van der Waals surface area contributed by atoms with Crippen LogP contribution in [0.1, 0.15) is 22.1 Å². The van der Waals surface area contributed by atoms with Crippen molar-refractivity contribution >= 4 is 27.4 Å². The molecule has 0 fully saturated rings. The van der Waals surface area contributed by atoms with Crippen LogP contribution < -0.4 is 4.72 Å². The van der Waals surface area contributed by atoms with Crippen LogP contribution >= 0.6 is 0 Å². The van der Waals surface area contributed by atoms with Gasteiger partial charge in [0.2, 0.25) is 0 Å². The summed E-state index contributed by atoms with van der Waals surface area (Å²) < 4.78 is 37.4. The van der Waals surface area contributed by atoms with Crippen molar-refractivity contribution in [3.63, 3.8) is 0 Å². The van der Waals surface area contributed by atoms with E-state index in [2.05, 4.69) is 14.9 Å². The molecule has 0 spiro atoms. The van der Waals surface area contributed by atoms with Crippen LogP contribution in [0.25, 0.3) is 0 Å². The molecule has 1 heterocycles. The molecule has 0 aliphatic heterocycles. The number of nitrogens with one attached hydrogen (secondary N) is 1. The molecule has 0 amide bonds. The van der Waals surface area contributed by atoms with Crippen molar-refractivity contribution in [2.75, 3.05) is 4.72 Å². The second kappa shape index (κ2) is 8.06. The lowest BCUT2D eigenvalue weighted by Gasteiger charge is -2.12. The van der Waals surface area contributed by atoms with Gasteiger partial charge in [0.25, 0.3) is 21.6 Å². The van der Waals surface area contributed by atoms with Crippen LogP contribution in [0.15, 0.2) is 57.9 Å². The van der Waals surface area contributed by atoms with E-state index in [1.165, 1.54) is 42.5 Å². The highest BCUT2D eigenvalue weighted by molar-refractivity contribution is 7.92. The molecule has 12 heteroatoms. The summed E-state index contributed by atoms with van der Waals surface area (Å²) in [7, 11) is -4.19. The van der Waals surface area contributed by atoms with E-state index in [0.717, 1.165) is 6.07 Å². The number of anilines is 1. The molecular formula is C17H14N4O7S. The van der Waals surface area contributed by atoms with E-state index in [-0.39, 0.29) is 34.3 Å². The van der Waals surface area contributed by atoms with E-state index in [4.69, 9.17) is 9.26 Å². The van der Waals surface area contributed by atoms with Crippen molar-refractivity contribution in [3.05, 3.63) is 75.9 Å². The highest BCUT2D eigenvalue weighted by Gasteiger charge is 2.21. The van der Waals surface area contributed by atoms with E-state index < -0.39 is 20.9 Å². The third-order valence-electron chi connectivity index (χ3n) is 3.63. The number of esters is 1. The second-order valence-corrected chi connectivity index (χ2v) is 7.40. The highest BCUT2D eigenvalue weighted by Crippen LogP contribution is 2.23. The molecule has 0 bridgehead atoms. The van der Waals surface area contributed by atoms with E-state index in [1.54, 1.807) is 6.92 Å². The molecule has 150 valence electrons. The summed E-state index contributed by atoms with van der Waals surface area (Å²) in [4.78, 5) is 26.1. The molecule has 1 N–H and O–H groups in total. The molecule has 0 aliphatic carbocycles. The van der Waals surface area contributed by atoms with Gasteiger partial charge in [-0.05, 0) is 25.1 Å². The Morgan fingerprint density at radius 2 is 2.00 bits per heavy atom. The Labute approximate surface area is 164 Å². The minimum atomic E-state index is -4.19. The molecule has 0 unspecified atom stereocenters. The maximum atomic E-state index is 12.6. The van der Waals surface area contributed by atoms with Gasteiger partial charge in [-0.25, -0.2) is 13.2 Å². The first-order chi connectivity index (χ1) is 13.8. The fourth-order valence-corrected chi connectivity index (χ4v) is 3.44. The summed E-state index contributed by atoms with van der Waals surface area (Å²) in [5, 5.41) is 14.5. The number of sulfonamides is 1. The topological polar surface area (TPSA) is 155 Å². The fraction of sp³-hybridized carbons (Fsp3) is 0.118. The van der Waals surface area contributed by atoms with Crippen LogP contribution in [-0.2, 0) is 21.4 Å². The van der Waals surface area contributed by atoms with Crippen molar-refractivity contribution in [1.82, 2.24) is 10.1 Å². The average Bonchev–Trinajstić information content (AvgIpc) is 3.11. The van der Waals surface area contributed by atoms with Gasteiger partial charge in [0.05, 0.1) is 21.1 Å². The molecular weight excluding hydrogens is 404 g/mol. The van der Waals surface area contributed by atoms with Crippen LogP contribution in [0.2, 0.25) is 0 Å². The lowest BCUT2D eigenvalue weighted by molar-refractivity contribution is -0.385. The second-order valence-electron chi connectivity index (χ2n) is 5.72. The Bertz CT molecular complexity index is 1170.